The van der Waals surface area contributed by atoms with Gasteiger partial charge in [0.2, 0.25) is 0 Å². The molecular formula is C21H20ClFN4O3. The lowest BCUT2D eigenvalue weighted by molar-refractivity contribution is 0.0894. The predicted octanol–water partition coefficient (Wildman–Crippen LogP) is 2.83. The van der Waals surface area contributed by atoms with E-state index in [9.17, 15) is 19.1 Å². The maximum absolute atomic E-state index is 13.7. The number of carbonyl (C=O) groups excluding carboxylic acids is 1. The fraction of sp³-hybridized carbons (Fsp3) is 0.238. The molecule has 2 N–H and O–H groups in total. The van der Waals surface area contributed by atoms with Gasteiger partial charge >= 0.3 is 0 Å². The minimum atomic E-state index is -0.738. The Hall–Kier alpha value is -3.10. The van der Waals surface area contributed by atoms with Crippen LogP contribution in [-0.2, 0) is 0 Å². The average molecular weight is 431 g/mol. The summed E-state index contributed by atoms with van der Waals surface area (Å²) in [6.07, 6.45) is 2.27. The van der Waals surface area contributed by atoms with Crippen LogP contribution in [0.2, 0.25) is 5.02 Å². The lowest BCUT2D eigenvalue weighted by Crippen LogP contribution is -2.43. The van der Waals surface area contributed by atoms with E-state index in [1.807, 2.05) is 13.8 Å². The first-order valence-corrected chi connectivity index (χ1v) is 9.61. The number of rotatable bonds is 6. The van der Waals surface area contributed by atoms with E-state index in [0.717, 1.165) is 16.9 Å². The third-order valence-corrected chi connectivity index (χ3v) is 4.80. The number of hydrogen-bond donors (Lipinski definition) is 2. The van der Waals surface area contributed by atoms with Crippen molar-refractivity contribution in [3.63, 3.8) is 0 Å². The molecule has 0 aliphatic carbocycles. The SMILES string of the molecule is CC(C)[C@@H](CO)NC(=O)c1cc(-c2ccc(Cl)cc2)nn(-c2cncc(F)c2)c1=O. The van der Waals surface area contributed by atoms with Gasteiger partial charge in [0, 0.05) is 16.7 Å². The van der Waals surface area contributed by atoms with Crippen molar-refractivity contribution < 1.29 is 14.3 Å². The van der Waals surface area contributed by atoms with Crippen LogP contribution >= 0.6 is 11.6 Å². The highest BCUT2D eigenvalue weighted by atomic mass is 35.5. The highest BCUT2D eigenvalue weighted by Crippen LogP contribution is 2.20. The van der Waals surface area contributed by atoms with E-state index in [0.29, 0.717) is 16.3 Å². The Balaban J connectivity index is 2.16. The molecule has 0 aliphatic rings. The van der Waals surface area contributed by atoms with Gasteiger partial charge in [-0.25, -0.2) is 4.39 Å². The van der Waals surface area contributed by atoms with Crippen molar-refractivity contribution in [2.45, 2.75) is 19.9 Å². The van der Waals surface area contributed by atoms with Crippen molar-refractivity contribution in [2.75, 3.05) is 6.61 Å². The summed E-state index contributed by atoms with van der Waals surface area (Å²) < 4.78 is 14.6. The number of halogens is 2. The van der Waals surface area contributed by atoms with Gasteiger partial charge in [-0.15, -0.1) is 0 Å². The van der Waals surface area contributed by atoms with Gasteiger partial charge in [-0.1, -0.05) is 37.6 Å². The van der Waals surface area contributed by atoms with Crippen LogP contribution in [0.1, 0.15) is 24.2 Å². The highest BCUT2D eigenvalue weighted by molar-refractivity contribution is 6.30. The summed E-state index contributed by atoms with van der Waals surface area (Å²) in [6.45, 7) is 3.40. The average Bonchev–Trinajstić information content (AvgIpc) is 2.72. The van der Waals surface area contributed by atoms with Crippen molar-refractivity contribution in [1.29, 1.82) is 0 Å². The largest absolute Gasteiger partial charge is 0.394 e. The minimum absolute atomic E-state index is 0.0498. The molecule has 0 saturated heterocycles. The molecule has 0 saturated carbocycles. The molecule has 1 aromatic carbocycles. The quantitative estimate of drug-likeness (QED) is 0.626. The zero-order chi connectivity index (χ0) is 21.8. The molecule has 1 atom stereocenters. The summed E-state index contributed by atoms with van der Waals surface area (Å²) in [5.41, 5.74) is 0.0590. The lowest BCUT2D eigenvalue weighted by atomic mass is 10.0. The first-order valence-electron chi connectivity index (χ1n) is 9.23. The van der Waals surface area contributed by atoms with E-state index in [-0.39, 0.29) is 23.8 Å². The number of amides is 1. The van der Waals surface area contributed by atoms with E-state index in [1.165, 1.54) is 12.3 Å². The molecular weight excluding hydrogens is 411 g/mol. The fourth-order valence-corrected chi connectivity index (χ4v) is 2.91. The van der Waals surface area contributed by atoms with Crippen LogP contribution in [0.25, 0.3) is 16.9 Å². The molecule has 0 aliphatic heterocycles. The third kappa shape index (κ3) is 4.72. The highest BCUT2D eigenvalue weighted by Gasteiger charge is 2.21. The summed E-state index contributed by atoms with van der Waals surface area (Å²) in [4.78, 5) is 29.6. The summed E-state index contributed by atoms with van der Waals surface area (Å²) in [6, 6.07) is 8.60. The second-order valence-electron chi connectivity index (χ2n) is 7.04. The number of hydrogen-bond acceptors (Lipinski definition) is 5. The van der Waals surface area contributed by atoms with E-state index < -0.39 is 23.3 Å². The molecule has 30 heavy (non-hydrogen) atoms. The molecule has 156 valence electrons. The van der Waals surface area contributed by atoms with Gasteiger partial charge < -0.3 is 10.4 Å². The summed E-state index contributed by atoms with van der Waals surface area (Å²) in [5, 5.41) is 17.0. The Morgan fingerprint density at radius 2 is 1.93 bits per heavy atom. The summed E-state index contributed by atoms with van der Waals surface area (Å²) in [5.74, 6) is -1.36. The number of nitrogens with one attached hydrogen (secondary N) is 1. The van der Waals surface area contributed by atoms with E-state index in [4.69, 9.17) is 11.6 Å². The monoisotopic (exact) mass is 430 g/mol. The zero-order valence-corrected chi connectivity index (χ0v) is 17.1. The van der Waals surface area contributed by atoms with Gasteiger partial charge in [0.15, 0.2) is 0 Å². The summed E-state index contributed by atoms with van der Waals surface area (Å²) in [7, 11) is 0. The topological polar surface area (TPSA) is 97.1 Å². The van der Waals surface area contributed by atoms with Crippen LogP contribution in [0.15, 0.2) is 53.6 Å². The number of aromatic nitrogens is 3. The van der Waals surface area contributed by atoms with Gasteiger partial charge in [-0.3, -0.25) is 14.6 Å². The Morgan fingerprint density at radius 1 is 1.23 bits per heavy atom. The number of aliphatic hydroxyl groups is 1. The van der Waals surface area contributed by atoms with E-state index >= 15 is 0 Å². The van der Waals surface area contributed by atoms with Crippen molar-refractivity contribution in [3.8, 4) is 16.9 Å². The van der Waals surface area contributed by atoms with Gasteiger partial charge in [-0.05, 0) is 24.1 Å². The second kappa shape index (κ2) is 9.15. The normalized spacial score (nSPS) is 12.1. The number of benzene rings is 1. The predicted molar refractivity (Wildman–Crippen MR) is 111 cm³/mol. The van der Waals surface area contributed by atoms with Crippen LogP contribution in [0, 0.1) is 11.7 Å². The minimum Gasteiger partial charge on any atom is -0.394 e. The molecule has 0 radical (unpaired) electrons. The Kier molecular flexibility index (Phi) is 6.59. The van der Waals surface area contributed by atoms with E-state index in [2.05, 4.69) is 15.4 Å². The number of carbonyl (C=O) groups is 1. The Morgan fingerprint density at radius 3 is 2.53 bits per heavy atom. The second-order valence-corrected chi connectivity index (χ2v) is 7.47. The third-order valence-electron chi connectivity index (χ3n) is 4.55. The smallest absolute Gasteiger partial charge is 0.284 e. The van der Waals surface area contributed by atoms with Crippen molar-refractivity contribution in [1.82, 2.24) is 20.1 Å². The number of pyridine rings is 1. The van der Waals surface area contributed by atoms with Crippen molar-refractivity contribution in [3.05, 3.63) is 75.5 Å². The molecule has 3 aromatic rings. The molecule has 1 amide bonds. The maximum atomic E-state index is 13.7. The molecule has 2 heterocycles. The van der Waals surface area contributed by atoms with Crippen LogP contribution in [0.3, 0.4) is 0 Å². The summed E-state index contributed by atoms with van der Waals surface area (Å²) >= 11 is 5.94. The molecule has 7 nitrogen and oxygen atoms in total. The zero-order valence-electron chi connectivity index (χ0n) is 16.3. The molecule has 9 heteroatoms. The van der Waals surface area contributed by atoms with Crippen LogP contribution in [0.5, 0.6) is 0 Å². The van der Waals surface area contributed by atoms with Gasteiger partial charge in [0.05, 0.1) is 36.4 Å². The van der Waals surface area contributed by atoms with E-state index in [1.54, 1.807) is 24.3 Å². The molecule has 0 bridgehead atoms. The van der Waals surface area contributed by atoms with Gasteiger partial charge in [-0.2, -0.15) is 9.78 Å². The molecule has 0 unspecified atom stereocenters. The Labute approximate surface area is 177 Å². The van der Waals surface area contributed by atoms with Gasteiger partial charge in [0.1, 0.15) is 11.4 Å². The van der Waals surface area contributed by atoms with Crippen LogP contribution in [-0.4, -0.2) is 38.4 Å². The number of aliphatic hydroxyl groups excluding tert-OH is 1. The molecule has 0 fully saturated rings. The lowest BCUT2D eigenvalue weighted by Gasteiger charge is -2.20. The maximum Gasteiger partial charge on any atom is 0.284 e. The van der Waals surface area contributed by atoms with Crippen molar-refractivity contribution in [2.24, 2.45) is 5.92 Å². The molecule has 2 aromatic heterocycles. The fourth-order valence-electron chi connectivity index (χ4n) is 2.78. The van der Waals surface area contributed by atoms with Crippen LogP contribution < -0.4 is 10.9 Å². The first-order chi connectivity index (χ1) is 14.3. The number of nitrogens with zero attached hydrogens (tertiary/aromatic N) is 3. The van der Waals surface area contributed by atoms with Gasteiger partial charge in [0.25, 0.3) is 11.5 Å². The molecule has 0 spiro atoms. The first kappa shape index (κ1) is 21.6. The molecule has 3 rings (SSSR count). The van der Waals surface area contributed by atoms with Crippen molar-refractivity contribution >= 4 is 17.5 Å². The van der Waals surface area contributed by atoms with Crippen LogP contribution in [0.4, 0.5) is 4.39 Å². The standard InChI is InChI=1S/C21H20ClFN4O3/c1-12(2)19(11-28)25-20(29)17-8-18(13-3-5-14(22)6-4-13)26-27(21(17)30)16-7-15(23)9-24-10-16/h3-10,12,19,28H,11H2,1-2H3,(H,25,29)/t19-/m1/s1. The Bertz CT molecular complexity index is 1120.